The van der Waals surface area contributed by atoms with E-state index in [9.17, 15) is 0 Å². The highest BCUT2D eigenvalue weighted by Crippen LogP contribution is 2.11. The number of aliphatic hydroxyl groups excluding tert-OH is 1. The lowest BCUT2D eigenvalue weighted by atomic mass is 10.2. The van der Waals surface area contributed by atoms with Crippen molar-refractivity contribution in [1.82, 2.24) is 10.3 Å². The zero-order valence-corrected chi connectivity index (χ0v) is 10.3. The van der Waals surface area contributed by atoms with Gasteiger partial charge >= 0.3 is 0 Å². The van der Waals surface area contributed by atoms with Crippen molar-refractivity contribution < 1.29 is 9.84 Å². The Morgan fingerprint density at radius 2 is 2.00 bits per heavy atom. The van der Waals surface area contributed by atoms with E-state index in [1.54, 1.807) is 0 Å². The van der Waals surface area contributed by atoms with Crippen LogP contribution in [0.3, 0.4) is 0 Å². The summed E-state index contributed by atoms with van der Waals surface area (Å²) in [7, 11) is 0. The molecule has 0 fully saturated rings. The highest BCUT2D eigenvalue weighted by molar-refractivity contribution is 5.78. The van der Waals surface area contributed by atoms with Crippen LogP contribution in [0.25, 0.3) is 10.9 Å². The summed E-state index contributed by atoms with van der Waals surface area (Å²) in [4.78, 5) is 4.57. The highest BCUT2D eigenvalue weighted by atomic mass is 16.5. The second kappa shape index (κ2) is 7.06. The van der Waals surface area contributed by atoms with Gasteiger partial charge in [-0.3, -0.25) is 4.98 Å². The second-order valence-corrected chi connectivity index (χ2v) is 4.01. The molecule has 4 heteroatoms. The Morgan fingerprint density at radius 3 is 2.89 bits per heavy atom. The summed E-state index contributed by atoms with van der Waals surface area (Å²) in [5.74, 6) is 0. The molecule has 4 nitrogen and oxygen atoms in total. The van der Waals surface area contributed by atoms with Gasteiger partial charge in [-0.25, -0.2) is 0 Å². The van der Waals surface area contributed by atoms with Crippen molar-refractivity contribution in [1.29, 1.82) is 0 Å². The van der Waals surface area contributed by atoms with Crippen LogP contribution in [0, 0.1) is 0 Å². The quantitative estimate of drug-likeness (QED) is 0.724. The SMILES string of the molecule is OCCOCCNCc1ccc2ccccc2n1. The molecular weight excluding hydrogens is 228 g/mol. The molecule has 0 amide bonds. The third-order valence-corrected chi connectivity index (χ3v) is 2.62. The Morgan fingerprint density at radius 1 is 1.11 bits per heavy atom. The number of aromatic nitrogens is 1. The largest absolute Gasteiger partial charge is 0.394 e. The van der Waals surface area contributed by atoms with E-state index in [1.807, 2.05) is 24.3 Å². The van der Waals surface area contributed by atoms with E-state index in [0.29, 0.717) is 13.2 Å². The molecule has 0 bridgehead atoms. The number of ether oxygens (including phenoxy) is 1. The summed E-state index contributed by atoms with van der Waals surface area (Å²) >= 11 is 0. The number of para-hydroxylation sites is 1. The number of nitrogens with one attached hydrogen (secondary N) is 1. The molecule has 0 aliphatic heterocycles. The summed E-state index contributed by atoms with van der Waals surface area (Å²) in [5.41, 5.74) is 2.05. The van der Waals surface area contributed by atoms with Gasteiger partial charge in [0, 0.05) is 18.5 Å². The number of rotatable bonds is 7. The van der Waals surface area contributed by atoms with Crippen molar-refractivity contribution in [3.8, 4) is 0 Å². The molecule has 0 aliphatic carbocycles. The number of nitrogens with zero attached hydrogens (tertiary/aromatic N) is 1. The van der Waals surface area contributed by atoms with Gasteiger partial charge in [-0.05, 0) is 12.1 Å². The minimum absolute atomic E-state index is 0.0756. The molecule has 0 unspecified atom stereocenters. The van der Waals surface area contributed by atoms with Crippen molar-refractivity contribution in [2.75, 3.05) is 26.4 Å². The maximum atomic E-state index is 8.55. The molecule has 1 aromatic carbocycles. The van der Waals surface area contributed by atoms with Gasteiger partial charge in [0.2, 0.25) is 0 Å². The molecule has 2 N–H and O–H groups in total. The molecule has 1 heterocycles. The number of hydrogen-bond acceptors (Lipinski definition) is 4. The van der Waals surface area contributed by atoms with Crippen LogP contribution in [0.4, 0.5) is 0 Å². The zero-order valence-electron chi connectivity index (χ0n) is 10.3. The van der Waals surface area contributed by atoms with Crippen molar-refractivity contribution >= 4 is 10.9 Å². The van der Waals surface area contributed by atoms with Crippen LogP contribution in [0.5, 0.6) is 0 Å². The zero-order chi connectivity index (χ0) is 12.6. The molecular formula is C14H18N2O2. The second-order valence-electron chi connectivity index (χ2n) is 4.01. The average molecular weight is 246 g/mol. The molecule has 0 atom stereocenters. The first-order valence-electron chi connectivity index (χ1n) is 6.14. The Labute approximate surface area is 107 Å². The van der Waals surface area contributed by atoms with E-state index < -0.39 is 0 Å². The molecule has 0 aliphatic rings. The Hall–Kier alpha value is -1.49. The third kappa shape index (κ3) is 3.77. The van der Waals surface area contributed by atoms with E-state index in [-0.39, 0.29) is 6.61 Å². The van der Waals surface area contributed by atoms with Gasteiger partial charge in [-0.1, -0.05) is 24.3 Å². The number of fused-ring (bicyclic) bond motifs is 1. The molecule has 2 rings (SSSR count). The van der Waals surface area contributed by atoms with Crippen molar-refractivity contribution in [2.24, 2.45) is 0 Å². The van der Waals surface area contributed by atoms with E-state index in [2.05, 4.69) is 22.4 Å². The molecule has 0 saturated heterocycles. The summed E-state index contributed by atoms with van der Waals surface area (Å²) in [6.07, 6.45) is 0. The van der Waals surface area contributed by atoms with Crippen LogP contribution in [0.1, 0.15) is 5.69 Å². The fourth-order valence-electron chi connectivity index (χ4n) is 1.73. The summed E-state index contributed by atoms with van der Waals surface area (Å²) in [5, 5.41) is 13.0. The lowest BCUT2D eigenvalue weighted by Crippen LogP contribution is -2.20. The van der Waals surface area contributed by atoms with Gasteiger partial charge in [0.1, 0.15) is 0 Å². The van der Waals surface area contributed by atoms with Crippen LogP contribution in [-0.2, 0) is 11.3 Å². The van der Waals surface area contributed by atoms with E-state index in [0.717, 1.165) is 29.7 Å². The fourth-order valence-corrected chi connectivity index (χ4v) is 1.73. The fraction of sp³-hybridized carbons (Fsp3) is 0.357. The smallest absolute Gasteiger partial charge is 0.0705 e. The first-order chi connectivity index (χ1) is 8.90. The van der Waals surface area contributed by atoms with Crippen molar-refractivity contribution in [2.45, 2.75) is 6.54 Å². The van der Waals surface area contributed by atoms with Gasteiger partial charge in [0.15, 0.2) is 0 Å². The molecule has 1 aromatic heterocycles. The van der Waals surface area contributed by atoms with E-state index >= 15 is 0 Å². The Balaban J connectivity index is 1.81. The summed E-state index contributed by atoms with van der Waals surface area (Å²) < 4.78 is 5.16. The molecule has 0 saturated carbocycles. The molecule has 18 heavy (non-hydrogen) atoms. The molecule has 0 radical (unpaired) electrons. The normalized spacial score (nSPS) is 10.9. The summed E-state index contributed by atoms with van der Waals surface area (Å²) in [6, 6.07) is 12.2. The molecule has 2 aromatic rings. The maximum Gasteiger partial charge on any atom is 0.0705 e. The minimum atomic E-state index is 0.0756. The third-order valence-electron chi connectivity index (χ3n) is 2.62. The molecule has 0 spiro atoms. The van der Waals surface area contributed by atoms with E-state index in [1.165, 1.54) is 0 Å². The van der Waals surface area contributed by atoms with Crippen LogP contribution >= 0.6 is 0 Å². The first kappa shape index (κ1) is 13.0. The lowest BCUT2D eigenvalue weighted by molar-refractivity contribution is 0.0937. The average Bonchev–Trinajstić information content (AvgIpc) is 2.42. The topological polar surface area (TPSA) is 54.4 Å². The highest BCUT2D eigenvalue weighted by Gasteiger charge is 1.97. The summed E-state index contributed by atoms with van der Waals surface area (Å²) in [6.45, 7) is 2.57. The predicted molar refractivity (Wildman–Crippen MR) is 71.4 cm³/mol. The number of benzene rings is 1. The van der Waals surface area contributed by atoms with Crippen LogP contribution < -0.4 is 5.32 Å². The van der Waals surface area contributed by atoms with Gasteiger partial charge < -0.3 is 15.2 Å². The lowest BCUT2D eigenvalue weighted by Gasteiger charge is -2.06. The number of aliphatic hydroxyl groups is 1. The van der Waals surface area contributed by atoms with Gasteiger partial charge in [0.05, 0.1) is 31.0 Å². The Kier molecular flexibility index (Phi) is 5.08. The minimum Gasteiger partial charge on any atom is -0.394 e. The van der Waals surface area contributed by atoms with Gasteiger partial charge in [-0.2, -0.15) is 0 Å². The van der Waals surface area contributed by atoms with Crippen LogP contribution in [-0.4, -0.2) is 36.5 Å². The monoisotopic (exact) mass is 246 g/mol. The first-order valence-corrected chi connectivity index (χ1v) is 6.14. The Bertz CT molecular complexity index is 488. The van der Waals surface area contributed by atoms with Crippen molar-refractivity contribution in [3.63, 3.8) is 0 Å². The standard InChI is InChI=1S/C14H18N2O2/c17-8-10-18-9-7-15-11-13-6-5-12-3-1-2-4-14(12)16-13/h1-6,15,17H,7-11H2. The van der Waals surface area contributed by atoms with Crippen LogP contribution in [0.2, 0.25) is 0 Å². The number of hydrogen-bond donors (Lipinski definition) is 2. The molecule has 96 valence electrons. The van der Waals surface area contributed by atoms with Crippen LogP contribution in [0.15, 0.2) is 36.4 Å². The van der Waals surface area contributed by atoms with Gasteiger partial charge in [-0.15, -0.1) is 0 Å². The number of pyridine rings is 1. The van der Waals surface area contributed by atoms with Gasteiger partial charge in [0.25, 0.3) is 0 Å². The van der Waals surface area contributed by atoms with E-state index in [4.69, 9.17) is 9.84 Å². The maximum absolute atomic E-state index is 8.55. The predicted octanol–water partition coefficient (Wildman–Crippen LogP) is 1.33. The van der Waals surface area contributed by atoms with Crippen molar-refractivity contribution in [3.05, 3.63) is 42.1 Å².